The molecule has 1 aromatic carbocycles. The molecule has 3 aromatic rings. The SMILES string of the molecule is COc1ccc(Sc2nc(N)nc3sc(C)cc23)cc1. The monoisotopic (exact) mass is 303 g/mol. The topological polar surface area (TPSA) is 61.0 Å². The maximum atomic E-state index is 5.78. The van der Waals surface area contributed by atoms with Gasteiger partial charge in [0.25, 0.3) is 0 Å². The molecule has 0 bridgehead atoms. The minimum absolute atomic E-state index is 0.315. The second-order valence-corrected chi connectivity index (χ2v) is 6.54. The number of benzene rings is 1. The molecular weight excluding hydrogens is 290 g/mol. The van der Waals surface area contributed by atoms with Crippen molar-refractivity contribution in [3.05, 3.63) is 35.2 Å². The molecule has 0 saturated heterocycles. The summed E-state index contributed by atoms with van der Waals surface area (Å²) < 4.78 is 5.16. The summed E-state index contributed by atoms with van der Waals surface area (Å²) in [5.41, 5.74) is 5.78. The van der Waals surface area contributed by atoms with Gasteiger partial charge in [0, 0.05) is 15.2 Å². The quantitative estimate of drug-likeness (QED) is 0.747. The number of rotatable bonds is 3. The van der Waals surface area contributed by atoms with Crippen molar-refractivity contribution in [3.8, 4) is 5.75 Å². The van der Waals surface area contributed by atoms with Crippen molar-refractivity contribution in [2.24, 2.45) is 0 Å². The van der Waals surface area contributed by atoms with Gasteiger partial charge in [0.2, 0.25) is 5.95 Å². The van der Waals surface area contributed by atoms with Gasteiger partial charge in [-0.2, -0.15) is 0 Å². The third-order valence-electron chi connectivity index (χ3n) is 2.77. The first-order chi connectivity index (χ1) is 9.65. The van der Waals surface area contributed by atoms with Crippen LogP contribution in [0.25, 0.3) is 10.2 Å². The Labute approximate surface area is 125 Å². The van der Waals surface area contributed by atoms with Gasteiger partial charge in [-0.25, -0.2) is 9.97 Å². The van der Waals surface area contributed by atoms with Gasteiger partial charge in [-0.05, 0) is 37.3 Å². The lowest BCUT2D eigenvalue weighted by Crippen LogP contribution is -1.95. The first kappa shape index (κ1) is 13.2. The molecule has 2 aromatic heterocycles. The highest BCUT2D eigenvalue weighted by Crippen LogP contribution is 2.35. The molecule has 3 rings (SSSR count). The van der Waals surface area contributed by atoms with Crippen LogP contribution < -0.4 is 10.5 Å². The number of aromatic nitrogens is 2. The molecule has 0 amide bonds. The van der Waals surface area contributed by atoms with E-state index < -0.39 is 0 Å². The number of hydrogen-bond donors (Lipinski definition) is 1. The average Bonchev–Trinajstić information content (AvgIpc) is 2.80. The largest absolute Gasteiger partial charge is 0.497 e. The maximum Gasteiger partial charge on any atom is 0.222 e. The molecule has 0 fully saturated rings. The van der Waals surface area contributed by atoms with Crippen LogP contribution in [-0.4, -0.2) is 17.1 Å². The van der Waals surface area contributed by atoms with Gasteiger partial charge in [-0.3, -0.25) is 0 Å². The highest BCUT2D eigenvalue weighted by atomic mass is 32.2. The number of aryl methyl sites for hydroxylation is 1. The van der Waals surface area contributed by atoms with E-state index in [2.05, 4.69) is 23.0 Å². The fourth-order valence-electron chi connectivity index (χ4n) is 1.86. The van der Waals surface area contributed by atoms with Crippen LogP contribution in [-0.2, 0) is 0 Å². The van der Waals surface area contributed by atoms with Crippen molar-refractivity contribution in [1.82, 2.24) is 9.97 Å². The highest BCUT2D eigenvalue weighted by molar-refractivity contribution is 7.99. The van der Waals surface area contributed by atoms with Crippen LogP contribution in [0.4, 0.5) is 5.95 Å². The summed E-state index contributed by atoms with van der Waals surface area (Å²) in [4.78, 5) is 11.9. The zero-order chi connectivity index (χ0) is 14.1. The van der Waals surface area contributed by atoms with E-state index >= 15 is 0 Å². The summed E-state index contributed by atoms with van der Waals surface area (Å²) in [5.74, 6) is 1.16. The van der Waals surface area contributed by atoms with E-state index in [9.17, 15) is 0 Å². The summed E-state index contributed by atoms with van der Waals surface area (Å²) in [6.07, 6.45) is 0. The average molecular weight is 303 g/mol. The number of hydrogen-bond acceptors (Lipinski definition) is 6. The number of methoxy groups -OCH3 is 1. The third kappa shape index (κ3) is 2.57. The summed E-state index contributed by atoms with van der Waals surface area (Å²) >= 11 is 3.22. The Morgan fingerprint density at radius 1 is 1.20 bits per heavy atom. The summed E-state index contributed by atoms with van der Waals surface area (Å²) in [6, 6.07) is 9.98. The molecule has 2 N–H and O–H groups in total. The van der Waals surface area contributed by atoms with Crippen LogP contribution in [0.5, 0.6) is 5.75 Å². The highest BCUT2D eigenvalue weighted by Gasteiger charge is 2.10. The van der Waals surface area contributed by atoms with Gasteiger partial charge >= 0.3 is 0 Å². The van der Waals surface area contributed by atoms with Crippen molar-refractivity contribution >= 4 is 39.3 Å². The summed E-state index contributed by atoms with van der Waals surface area (Å²) in [5, 5.41) is 1.95. The van der Waals surface area contributed by atoms with Crippen molar-refractivity contribution in [2.75, 3.05) is 12.8 Å². The smallest absolute Gasteiger partial charge is 0.222 e. The Morgan fingerprint density at radius 3 is 2.65 bits per heavy atom. The van der Waals surface area contributed by atoms with E-state index in [1.165, 1.54) is 4.88 Å². The van der Waals surface area contributed by atoms with E-state index in [1.54, 1.807) is 30.2 Å². The van der Waals surface area contributed by atoms with E-state index in [0.717, 1.165) is 25.9 Å². The molecule has 0 spiro atoms. The predicted octanol–water partition coefficient (Wildman–Crippen LogP) is 3.74. The van der Waals surface area contributed by atoms with Gasteiger partial charge in [0.05, 0.1) is 7.11 Å². The number of ether oxygens (including phenoxy) is 1. The molecule has 0 aliphatic heterocycles. The van der Waals surface area contributed by atoms with Crippen LogP contribution >= 0.6 is 23.1 Å². The first-order valence-corrected chi connectivity index (χ1v) is 7.64. The van der Waals surface area contributed by atoms with E-state index in [0.29, 0.717) is 5.95 Å². The fourth-order valence-corrected chi connectivity index (χ4v) is 3.72. The lowest BCUT2D eigenvalue weighted by Gasteiger charge is -2.04. The van der Waals surface area contributed by atoms with E-state index in [-0.39, 0.29) is 0 Å². The third-order valence-corrected chi connectivity index (χ3v) is 4.73. The molecule has 0 aliphatic rings. The van der Waals surface area contributed by atoms with Gasteiger partial charge in [-0.1, -0.05) is 11.8 Å². The zero-order valence-electron chi connectivity index (χ0n) is 11.1. The van der Waals surface area contributed by atoms with Crippen molar-refractivity contribution in [3.63, 3.8) is 0 Å². The molecule has 0 atom stereocenters. The van der Waals surface area contributed by atoms with Crippen molar-refractivity contribution < 1.29 is 4.74 Å². The van der Waals surface area contributed by atoms with Crippen LogP contribution in [0.3, 0.4) is 0 Å². The van der Waals surface area contributed by atoms with Crippen molar-refractivity contribution in [2.45, 2.75) is 16.8 Å². The molecule has 0 unspecified atom stereocenters. The summed E-state index contributed by atoms with van der Waals surface area (Å²) in [7, 11) is 1.66. The van der Waals surface area contributed by atoms with Gasteiger partial charge in [0.1, 0.15) is 15.6 Å². The van der Waals surface area contributed by atoms with Crippen LogP contribution in [0, 0.1) is 6.92 Å². The van der Waals surface area contributed by atoms with Gasteiger partial charge in [0.15, 0.2) is 0 Å². The second-order valence-electron chi connectivity index (χ2n) is 4.24. The van der Waals surface area contributed by atoms with Crippen LogP contribution in [0.1, 0.15) is 4.88 Å². The number of nitrogens with two attached hydrogens (primary N) is 1. The molecule has 4 nitrogen and oxygen atoms in total. The standard InChI is InChI=1S/C14H13N3OS2/c1-8-7-11-12(19-8)16-14(15)17-13(11)20-10-5-3-9(18-2)4-6-10/h3-7H,1-2H3,(H2,15,16,17). The lowest BCUT2D eigenvalue weighted by molar-refractivity contribution is 0.414. The molecule has 0 radical (unpaired) electrons. The second kappa shape index (κ2) is 5.30. The summed E-state index contributed by atoms with van der Waals surface area (Å²) in [6.45, 7) is 2.06. The Balaban J connectivity index is 2.00. The Hall–Kier alpha value is -1.79. The molecule has 0 saturated carbocycles. The predicted molar refractivity (Wildman–Crippen MR) is 83.7 cm³/mol. The molecule has 2 heterocycles. The number of thiophene rings is 1. The Morgan fingerprint density at radius 2 is 1.95 bits per heavy atom. The fraction of sp³-hybridized carbons (Fsp3) is 0.143. The number of nitrogen functional groups attached to an aromatic ring is 1. The number of nitrogens with zero attached hydrogens (tertiary/aromatic N) is 2. The lowest BCUT2D eigenvalue weighted by atomic mass is 10.3. The van der Waals surface area contributed by atoms with Crippen LogP contribution in [0.15, 0.2) is 40.3 Å². The van der Waals surface area contributed by atoms with Crippen LogP contribution in [0.2, 0.25) is 0 Å². The zero-order valence-corrected chi connectivity index (χ0v) is 12.7. The first-order valence-electron chi connectivity index (χ1n) is 6.01. The number of fused-ring (bicyclic) bond motifs is 1. The number of anilines is 1. The molecule has 20 heavy (non-hydrogen) atoms. The van der Waals surface area contributed by atoms with Gasteiger partial charge < -0.3 is 10.5 Å². The molecular formula is C14H13N3OS2. The van der Waals surface area contributed by atoms with E-state index in [1.807, 2.05) is 24.3 Å². The minimum Gasteiger partial charge on any atom is -0.497 e. The van der Waals surface area contributed by atoms with Gasteiger partial charge in [-0.15, -0.1) is 11.3 Å². The van der Waals surface area contributed by atoms with Crippen molar-refractivity contribution in [1.29, 1.82) is 0 Å². The Bertz CT molecular complexity index is 753. The minimum atomic E-state index is 0.315. The normalized spacial score (nSPS) is 10.9. The molecule has 6 heteroatoms. The molecule has 102 valence electrons. The molecule has 0 aliphatic carbocycles. The van der Waals surface area contributed by atoms with E-state index in [4.69, 9.17) is 10.5 Å². The maximum absolute atomic E-state index is 5.78. The Kier molecular flexibility index (Phi) is 3.50.